The number of rotatable bonds is 2. The third-order valence-electron chi connectivity index (χ3n) is 3.36. The fourth-order valence-corrected chi connectivity index (χ4v) is 2.25. The smallest absolute Gasteiger partial charge is 0.115 e. The minimum absolute atomic E-state index is 0.204. The predicted octanol–water partition coefficient (Wildman–Crippen LogP) is 1.22. The summed E-state index contributed by atoms with van der Waals surface area (Å²) in [6.45, 7) is 0.545. The van der Waals surface area contributed by atoms with Crippen molar-refractivity contribution in [3.8, 4) is 5.75 Å². The van der Waals surface area contributed by atoms with Crippen molar-refractivity contribution in [3.05, 3.63) is 29.3 Å². The van der Waals surface area contributed by atoms with Crippen molar-refractivity contribution in [2.45, 2.75) is 24.9 Å². The maximum absolute atomic E-state index is 9.38. The van der Waals surface area contributed by atoms with Crippen LogP contribution >= 0.6 is 0 Å². The number of nitrogens with two attached hydrogens (primary N) is 1. The van der Waals surface area contributed by atoms with E-state index in [1.165, 1.54) is 11.1 Å². The molecule has 1 atom stereocenters. The molecule has 0 aliphatic heterocycles. The zero-order valence-electron chi connectivity index (χ0n) is 8.99. The number of hydrogen-bond donors (Lipinski definition) is 2. The molecule has 3 nitrogen and oxygen atoms in total. The molecule has 15 heavy (non-hydrogen) atoms. The molecule has 82 valence electrons. The van der Waals surface area contributed by atoms with Gasteiger partial charge in [-0.2, -0.15) is 0 Å². The molecule has 0 amide bonds. The van der Waals surface area contributed by atoms with E-state index in [1.807, 2.05) is 12.1 Å². The van der Waals surface area contributed by atoms with E-state index in [4.69, 9.17) is 10.5 Å². The lowest BCUT2D eigenvalue weighted by Gasteiger charge is -2.36. The highest BCUT2D eigenvalue weighted by Gasteiger charge is 2.32. The lowest BCUT2D eigenvalue weighted by molar-refractivity contribution is -0.0135. The molecule has 1 aliphatic rings. The van der Waals surface area contributed by atoms with E-state index in [-0.39, 0.29) is 5.60 Å². The Morgan fingerprint density at radius 1 is 1.47 bits per heavy atom. The molecule has 0 heterocycles. The molecule has 0 aromatic heterocycles. The maximum Gasteiger partial charge on any atom is 0.115 e. The van der Waals surface area contributed by atoms with Gasteiger partial charge in [0.1, 0.15) is 5.75 Å². The van der Waals surface area contributed by atoms with E-state index >= 15 is 0 Å². The number of methoxy groups -OCH3 is 1. The molecule has 1 aliphatic carbocycles. The van der Waals surface area contributed by atoms with Gasteiger partial charge in [0.25, 0.3) is 0 Å². The Morgan fingerprint density at radius 2 is 2.27 bits per heavy atom. The summed E-state index contributed by atoms with van der Waals surface area (Å²) in [5.74, 6) is 0.339. The SMILES string of the molecule is COC1(CN)CCc2cc(O)ccc2C1. The van der Waals surface area contributed by atoms with E-state index in [1.54, 1.807) is 13.2 Å². The van der Waals surface area contributed by atoms with Crippen molar-refractivity contribution in [1.82, 2.24) is 0 Å². The van der Waals surface area contributed by atoms with Crippen LogP contribution in [0.25, 0.3) is 0 Å². The fraction of sp³-hybridized carbons (Fsp3) is 0.500. The Bertz CT molecular complexity index is 359. The summed E-state index contributed by atoms with van der Waals surface area (Å²) in [5, 5.41) is 9.38. The van der Waals surface area contributed by atoms with Crippen molar-refractivity contribution in [2.75, 3.05) is 13.7 Å². The number of aromatic hydroxyl groups is 1. The van der Waals surface area contributed by atoms with Gasteiger partial charge in [0.15, 0.2) is 0 Å². The van der Waals surface area contributed by atoms with Crippen LogP contribution in [0.1, 0.15) is 17.5 Å². The second kappa shape index (κ2) is 3.83. The molecule has 1 aromatic carbocycles. The number of benzene rings is 1. The van der Waals surface area contributed by atoms with Crippen LogP contribution < -0.4 is 5.73 Å². The van der Waals surface area contributed by atoms with Gasteiger partial charge >= 0.3 is 0 Å². The minimum Gasteiger partial charge on any atom is -0.508 e. The van der Waals surface area contributed by atoms with Gasteiger partial charge in [-0.25, -0.2) is 0 Å². The molecule has 0 saturated carbocycles. The highest BCUT2D eigenvalue weighted by molar-refractivity contribution is 5.38. The second-order valence-electron chi connectivity index (χ2n) is 4.22. The van der Waals surface area contributed by atoms with Gasteiger partial charge in [-0.3, -0.25) is 0 Å². The van der Waals surface area contributed by atoms with Gasteiger partial charge in [0, 0.05) is 20.1 Å². The highest BCUT2D eigenvalue weighted by Crippen LogP contribution is 2.32. The van der Waals surface area contributed by atoms with E-state index in [0.29, 0.717) is 12.3 Å². The fourth-order valence-electron chi connectivity index (χ4n) is 2.25. The van der Waals surface area contributed by atoms with Crippen LogP contribution in [0.15, 0.2) is 18.2 Å². The second-order valence-corrected chi connectivity index (χ2v) is 4.22. The quantitative estimate of drug-likeness (QED) is 0.766. The topological polar surface area (TPSA) is 55.5 Å². The average molecular weight is 207 g/mol. The zero-order valence-corrected chi connectivity index (χ0v) is 8.99. The molecule has 0 fully saturated rings. The Labute approximate surface area is 89.9 Å². The lowest BCUT2D eigenvalue weighted by atomic mass is 9.80. The number of phenolic OH excluding ortho intramolecular Hbond substituents is 1. The van der Waals surface area contributed by atoms with Gasteiger partial charge < -0.3 is 15.6 Å². The Kier molecular flexibility index (Phi) is 2.67. The van der Waals surface area contributed by atoms with Crippen molar-refractivity contribution in [2.24, 2.45) is 5.73 Å². The lowest BCUT2D eigenvalue weighted by Crippen LogP contribution is -2.44. The molecule has 1 aromatic rings. The first kappa shape index (κ1) is 10.5. The summed E-state index contributed by atoms with van der Waals surface area (Å²) in [6, 6.07) is 5.53. The van der Waals surface area contributed by atoms with E-state index in [0.717, 1.165) is 19.3 Å². The molecular weight excluding hydrogens is 190 g/mol. The molecule has 2 rings (SSSR count). The van der Waals surface area contributed by atoms with Gasteiger partial charge in [-0.15, -0.1) is 0 Å². The average Bonchev–Trinajstić information content (AvgIpc) is 2.28. The Balaban J connectivity index is 2.30. The molecule has 0 saturated heterocycles. The Morgan fingerprint density at radius 3 is 2.93 bits per heavy atom. The Hall–Kier alpha value is -1.06. The zero-order chi connectivity index (χ0) is 10.9. The predicted molar refractivity (Wildman–Crippen MR) is 58.9 cm³/mol. The van der Waals surface area contributed by atoms with Crippen LogP contribution in [0.2, 0.25) is 0 Å². The number of ether oxygens (including phenoxy) is 1. The first-order valence-corrected chi connectivity index (χ1v) is 5.25. The third kappa shape index (κ3) is 1.85. The number of phenols is 1. The van der Waals surface area contributed by atoms with Crippen LogP contribution in [-0.2, 0) is 17.6 Å². The number of aryl methyl sites for hydroxylation is 1. The first-order valence-electron chi connectivity index (χ1n) is 5.25. The molecule has 3 N–H and O–H groups in total. The van der Waals surface area contributed by atoms with Crippen LogP contribution in [0.5, 0.6) is 5.75 Å². The molecular formula is C12H17NO2. The van der Waals surface area contributed by atoms with Crippen LogP contribution in [0, 0.1) is 0 Å². The summed E-state index contributed by atoms with van der Waals surface area (Å²) < 4.78 is 5.53. The number of hydrogen-bond acceptors (Lipinski definition) is 3. The summed E-state index contributed by atoms with van der Waals surface area (Å²) in [5.41, 5.74) is 8.02. The number of fused-ring (bicyclic) bond motifs is 1. The van der Waals surface area contributed by atoms with Gasteiger partial charge in [0.05, 0.1) is 5.60 Å². The van der Waals surface area contributed by atoms with Crippen molar-refractivity contribution < 1.29 is 9.84 Å². The molecule has 1 unspecified atom stereocenters. The summed E-state index contributed by atoms with van der Waals surface area (Å²) in [7, 11) is 1.72. The monoisotopic (exact) mass is 207 g/mol. The minimum atomic E-state index is -0.204. The van der Waals surface area contributed by atoms with Gasteiger partial charge in [0.2, 0.25) is 0 Å². The van der Waals surface area contributed by atoms with E-state index < -0.39 is 0 Å². The summed E-state index contributed by atoms with van der Waals surface area (Å²) in [4.78, 5) is 0. The molecule has 0 radical (unpaired) electrons. The van der Waals surface area contributed by atoms with Crippen molar-refractivity contribution in [3.63, 3.8) is 0 Å². The summed E-state index contributed by atoms with van der Waals surface area (Å²) in [6.07, 6.45) is 2.70. The molecule has 0 spiro atoms. The normalized spacial score (nSPS) is 24.9. The third-order valence-corrected chi connectivity index (χ3v) is 3.36. The van der Waals surface area contributed by atoms with Crippen molar-refractivity contribution in [1.29, 1.82) is 0 Å². The van der Waals surface area contributed by atoms with E-state index in [2.05, 4.69) is 0 Å². The summed E-state index contributed by atoms with van der Waals surface area (Å²) >= 11 is 0. The molecule has 3 heteroatoms. The highest BCUT2D eigenvalue weighted by atomic mass is 16.5. The van der Waals surface area contributed by atoms with E-state index in [9.17, 15) is 5.11 Å². The van der Waals surface area contributed by atoms with Crippen molar-refractivity contribution >= 4 is 0 Å². The van der Waals surface area contributed by atoms with Gasteiger partial charge in [-0.1, -0.05) is 6.07 Å². The van der Waals surface area contributed by atoms with Gasteiger partial charge in [-0.05, 0) is 36.1 Å². The largest absolute Gasteiger partial charge is 0.508 e. The van der Waals surface area contributed by atoms with Crippen LogP contribution in [0.3, 0.4) is 0 Å². The standard InChI is InChI=1S/C12H17NO2/c1-15-12(8-13)5-4-9-6-11(14)3-2-10(9)7-12/h2-3,6,14H,4-5,7-8,13H2,1H3. The first-order chi connectivity index (χ1) is 7.19. The van der Waals surface area contributed by atoms with Crippen LogP contribution in [0.4, 0.5) is 0 Å². The maximum atomic E-state index is 9.38. The molecule has 0 bridgehead atoms. The van der Waals surface area contributed by atoms with Crippen LogP contribution in [-0.4, -0.2) is 24.4 Å².